The van der Waals surface area contributed by atoms with Crippen molar-refractivity contribution in [2.75, 3.05) is 0 Å². The lowest BCUT2D eigenvalue weighted by molar-refractivity contribution is 0.474. The van der Waals surface area contributed by atoms with Gasteiger partial charge in [0.25, 0.3) is 0 Å². The molecule has 0 aliphatic heterocycles. The first-order valence-corrected chi connectivity index (χ1v) is 6.21. The third-order valence-corrected chi connectivity index (χ3v) is 2.37. The molecule has 0 atom stereocenters. The highest BCUT2D eigenvalue weighted by Crippen LogP contribution is 2.08. The number of unbranched alkanes of at least 4 members (excludes halogenated alkanes) is 7. The summed E-state index contributed by atoms with van der Waals surface area (Å²) in [7, 11) is 0. The molecule has 0 amide bonds. The molecular weight excluding hydrogens is 196 g/mol. The summed E-state index contributed by atoms with van der Waals surface area (Å²) in [6.07, 6.45) is 11.8. The van der Waals surface area contributed by atoms with Crippen LogP contribution < -0.4 is 0 Å². The molecule has 0 fully saturated rings. The van der Waals surface area contributed by atoms with Gasteiger partial charge in [-0.2, -0.15) is 0 Å². The molecule has 92 valence electrons. The van der Waals surface area contributed by atoms with E-state index in [4.69, 9.17) is 10.6 Å². The van der Waals surface area contributed by atoms with Crippen LogP contribution in [0, 0.1) is 0 Å². The van der Waals surface area contributed by atoms with Gasteiger partial charge < -0.3 is 5.11 Å². The predicted octanol–water partition coefficient (Wildman–Crippen LogP) is 5.31. The Balaban J connectivity index is 3.91. The zero-order chi connectivity index (χ0) is 15.4. The zero-order valence-corrected chi connectivity index (χ0v) is 10.3. The van der Waals surface area contributed by atoms with E-state index in [0.717, 1.165) is 12.8 Å². The van der Waals surface area contributed by atoms with Crippen LogP contribution in [0.1, 0.15) is 63.8 Å². The van der Waals surface area contributed by atoms with Crippen LogP contribution in [0.3, 0.4) is 0 Å². The van der Waals surface area contributed by atoms with E-state index in [1.807, 2.05) is 6.08 Å². The number of rotatable bonds is 10. The molecule has 0 aromatic rings. The number of hydrogen-bond donors (Lipinski definition) is 1. The first kappa shape index (κ1) is 9.09. The van der Waals surface area contributed by atoms with Gasteiger partial charge in [-0.15, -0.1) is 0 Å². The average Bonchev–Trinajstić information content (AvgIpc) is 2.43. The summed E-state index contributed by atoms with van der Waals surface area (Å²) in [6, 6.07) is -1.18. The topological polar surface area (TPSA) is 20.2 Å². The molecular formula is C15H26O. The maximum Gasteiger partial charge on any atom is 0.103 e. The normalized spacial score (nSPS) is 18.3. The molecule has 0 aromatic carbocycles. The van der Waals surface area contributed by atoms with Crippen LogP contribution in [0.4, 0.5) is 0 Å². The molecule has 0 aromatic heterocycles. The van der Waals surface area contributed by atoms with Gasteiger partial charge in [-0.25, -0.2) is 0 Å². The van der Waals surface area contributed by atoms with E-state index < -0.39 is 18.3 Å². The molecule has 0 heterocycles. The van der Waals surface area contributed by atoms with E-state index in [1.165, 1.54) is 44.6 Å². The highest BCUT2D eigenvalue weighted by molar-refractivity contribution is 5.09. The van der Waals surface area contributed by atoms with Gasteiger partial charge in [0, 0.05) is 0 Å². The van der Waals surface area contributed by atoms with E-state index in [2.05, 4.69) is 6.92 Å². The Morgan fingerprint density at radius 2 is 1.62 bits per heavy atom. The van der Waals surface area contributed by atoms with E-state index in [-0.39, 0.29) is 6.05 Å². The van der Waals surface area contributed by atoms with Crippen LogP contribution in [0.2, 0.25) is 0 Å². The van der Waals surface area contributed by atoms with Crippen LogP contribution in [0.5, 0.6) is 0 Å². The summed E-state index contributed by atoms with van der Waals surface area (Å²) >= 11 is 0. The standard InChI is InChI=1S/C15H26O/c1-2-3-4-5-6-7-8-9-10-11-12-13-14-15-16/h10-16H,2-9H2,1H3/i12D,13D,14D,15D. The van der Waals surface area contributed by atoms with Crippen molar-refractivity contribution in [2.45, 2.75) is 58.3 Å². The molecule has 0 unspecified atom stereocenters. The number of aliphatic hydroxyl groups is 1. The van der Waals surface area contributed by atoms with Gasteiger partial charge in [0.2, 0.25) is 0 Å². The molecule has 1 N–H and O–H groups in total. The molecule has 1 nitrogen and oxygen atoms in total. The van der Waals surface area contributed by atoms with Crippen LogP contribution >= 0.6 is 0 Å². The number of allylic oxidation sites excluding steroid dienone is 5. The van der Waals surface area contributed by atoms with Crippen molar-refractivity contribution in [3.8, 4) is 0 Å². The fraction of sp³-hybridized carbons (Fsp3) is 0.600. The van der Waals surface area contributed by atoms with Crippen molar-refractivity contribution in [3.63, 3.8) is 0 Å². The Labute approximate surface area is 106 Å². The summed E-state index contributed by atoms with van der Waals surface area (Å²) < 4.78 is 29.1. The summed E-state index contributed by atoms with van der Waals surface area (Å²) in [5.41, 5.74) is 0. The molecule has 0 saturated carbocycles. The van der Waals surface area contributed by atoms with Crippen molar-refractivity contribution in [2.24, 2.45) is 0 Å². The fourth-order valence-corrected chi connectivity index (χ4v) is 1.47. The average molecular weight is 226 g/mol. The lowest BCUT2D eigenvalue weighted by Crippen LogP contribution is -1.78. The van der Waals surface area contributed by atoms with Crippen molar-refractivity contribution in [1.29, 1.82) is 0 Å². The van der Waals surface area contributed by atoms with Gasteiger partial charge in [0.15, 0.2) is 0 Å². The summed E-state index contributed by atoms with van der Waals surface area (Å²) in [4.78, 5) is 0. The SMILES string of the molecule is [2H]C(O)=C([2H])C([2H])=C([2H])C=CCCCCCCCCC. The molecule has 1 heteroatoms. The third kappa shape index (κ3) is 13.0. The Morgan fingerprint density at radius 3 is 2.31 bits per heavy atom. The molecule has 0 aliphatic rings. The highest BCUT2D eigenvalue weighted by Gasteiger charge is 1.88. The molecule has 0 saturated heterocycles. The molecule has 0 aliphatic carbocycles. The maximum atomic E-state index is 8.77. The monoisotopic (exact) mass is 226 g/mol. The minimum Gasteiger partial charge on any atom is -0.516 e. The Kier molecular flexibility index (Phi) is 7.97. The van der Waals surface area contributed by atoms with E-state index in [0.29, 0.717) is 0 Å². The molecule has 0 spiro atoms. The van der Waals surface area contributed by atoms with Gasteiger partial charge in [-0.05, 0) is 18.9 Å². The summed E-state index contributed by atoms with van der Waals surface area (Å²) in [5.74, 6) is 0. The van der Waals surface area contributed by atoms with E-state index >= 15 is 0 Å². The fourth-order valence-electron chi connectivity index (χ4n) is 1.47. The van der Waals surface area contributed by atoms with Crippen LogP contribution in [0.25, 0.3) is 0 Å². The van der Waals surface area contributed by atoms with Crippen molar-refractivity contribution in [1.82, 2.24) is 0 Å². The van der Waals surface area contributed by atoms with Gasteiger partial charge in [-0.1, -0.05) is 69.7 Å². The second kappa shape index (κ2) is 14.0. The first-order chi connectivity index (χ1) is 9.50. The lowest BCUT2D eigenvalue weighted by Gasteiger charge is -1.98. The quantitative estimate of drug-likeness (QED) is 0.304. The molecule has 16 heavy (non-hydrogen) atoms. The molecule has 0 bridgehead atoms. The van der Waals surface area contributed by atoms with Gasteiger partial charge in [-0.3, -0.25) is 0 Å². The van der Waals surface area contributed by atoms with Gasteiger partial charge in [0.1, 0.15) is 1.37 Å². The van der Waals surface area contributed by atoms with Crippen molar-refractivity contribution in [3.05, 3.63) is 36.5 Å². The maximum absolute atomic E-state index is 8.77. The summed E-state index contributed by atoms with van der Waals surface area (Å²) in [5, 5.41) is 8.77. The first-order valence-electron chi connectivity index (χ1n) is 8.21. The zero-order valence-electron chi connectivity index (χ0n) is 14.3. The van der Waals surface area contributed by atoms with Crippen LogP contribution in [0.15, 0.2) is 36.5 Å². The number of aliphatic hydroxyl groups excluding tert-OH is 1. The second-order valence-corrected chi connectivity index (χ2v) is 3.82. The smallest absolute Gasteiger partial charge is 0.103 e. The minimum atomic E-state index is -0.972. The Hall–Kier alpha value is -0.980. The van der Waals surface area contributed by atoms with Crippen molar-refractivity contribution < 1.29 is 10.6 Å². The van der Waals surface area contributed by atoms with Crippen LogP contribution in [-0.4, -0.2) is 5.11 Å². The highest BCUT2D eigenvalue weighted by atomic mass is 16.2. The summed E-state index contributed by atoms with van der Waals surface area (Å²) in [6.45, 7) is 2.20. The van der Waals surface area contributed by atoms with Gasteiger partial charge >= 0.3 is 0 Å². The van der Waals surface area contributed by atoms with Gasteiger partial charge in [0.05, 0.1) is 10.4 Å². The molecule has 0 radical (unpaired) electrons. The van der Waals surface area contributed by atoms with E-state index in [9.17, 15) is 0 Å². The lowest BCUT2D eigenvalue weighted by atomic mass is 10.1. The van der Waals surface area contributed by atoms with Crippen LogP contribution in [-0.2, 0) is 0 Å². The Morgan fingerprint density at radius 1 is 0.938 bits per heavy atom. The number of hydrogen-bond acceptors (Lipinski definition) is 1. The minimum absolute atomic E-state index is 0.142. The third-order valence-electron chi connectivity index (χ3n) is 2.37. The van der Waals surface area contributed by atoms with E-state index in [1.54, 1.807) is 0 Å². The molecule has 0 rings (SSSR count). The largest absolute Gasteiger partial charge is 0.516 e. The predicted molar refractivity (Wildman–Crippen MR) is 72.7 cm³/mol. The second-order valence-electron chi connectivity index (χ2n) is 3.82. The Bertz CT molecular complexity index is 355. The van der Waals surface area contributed by atoms with Crippen molar-refractivity contribution >= 4 is 0 Å².